The summed E-state index contributed by atoms with van der Waals surface area (Å²) in [5, 5.41) is 7.07. The summed E-state index contributed by atoms with van der Waals surface area (Å²) in [6.07, 6.45) is 0. The fraction of sp³-hybridized carbons (Fsp3) is 0.190. The van der Waals surface area contributed by atoms with Gasteiger partial charge in [-0.15, -0.1) is 0 Å². The maximum Gasteiger partial charge on any atom is 0.276 e. The zero-order valence-electron chi connectivity index (χ0n) is 15.1. The average molecular weight is 347 g/mol. The monoisotopic (exact) mass is 347 g/mol. The van der Waals surface area contributed by atoms with Gasteiger partial charge in [0.1, 0.15) is 5.69 Å². The Kier molecular flexibility index (Phi) is 4.98. The van der Waals surface area contributed by atoms with Crippen LogP contribution in [0.1, 0.15) is 32.7 Å². The van der Waals surface area contributed by atoms with Crippen LogP contribution < -0.4 is 10.9 Å². The Morgan fingerprint density at radius 3 is 2.46 bits per heavy atom. The van der Waals surface area contributed by atoms with Gasteiger partial charge < -0.3 is 5.32 Å². The first-order valence-electron chi connectivity index (χ1n) is 8.45. The van der Waals surface area contributed by atoms with Gasteiger partial charge in [-0.3, -0.25) is 9.59 Å². The molecular formula is C21H21N3O2. The summed E-state index contributed by atoms with van der Waals surface area (Å²) >= 11 is 0. The fourth-order valence-corrected chi connectivity index (χ4v) is 2.65. The molecule has 0 atom stereocenters. The molecule has 26 heavy (non-hydrogen) atoms. The van der Waals surface area contributed by atoms with Crippen LogP contribution in [0, 0.1) is 20.8 Å². The molecule has 1 aromatic heterocycles. The zero-order valence-corrected chi connectivity index (χ0v) is 15.1. The largest absolute Gasteiger partial charge is 0.321 e. The minimum atomic E-state index is -0.341. The van der Waals surface area contributed by atoms with Crippen LogP contribution >= 0.6 is 0 Å². The van der Waals surface area contributed by atoms with E-state index in [0.717, 1.165) is 22.3 Å². The van der Waals surface area contributed by atoms with Gasteiger partial charge in [0.15, 0.2) is 0 Å². The lowest BCUT2D eigenvalue weighted by Crippen LogP contribution is -2.26. The van der Waals surface area contributed by atoms with Crippen molar-refractivity contribution in [3.63, 3.8) is 0 Å². The van der Waals surface area contributed by atoms with Crippen LogP contribution in [0.5, 0.6) is 0 Å². The van der Waals surface area contributed by atoms with Crippen LogP contribution in [-0.4, -0.2) is 15.7 Å². The summed E-state index contributed by atoms with van der Waals surface area (Å²) in [5.41, 5.74) is 5.00. The van der Waals surface area contributed by atoms with E-state index in [0.29, 0.717) is 12.2 Å². The van der Waals surface area contributed by atoms with Crippen molar-refractivity contribution < 1.29 is 4.79 Å². The highest BCUT2D eigenvalue weighted by Crippen LogP contribution is 2.15. The van der Waals surface area contributed by atoms with Crippen LogP contribution in [0.25, 0.3) is 0 Å². The number of hydrogen-bond acceptors (Lipinski definition) is 3. The highest BCUT2D eigenvalue weighted by molar-refractivity contribution is 6.02. The quantitative estimate of drug-likeness (QED) is 0.786. The molecule has 0 unspecified atom stereocenters. The summed E-state index contributed by atoms with van der Waals surface area (Å²) in [7, 11) is 0. The highest BCUT2D eigenvalue weighted by atomic mass is 16.2. The molecule has 3 rings (SSSR count). The van der Waals surface area contributed by atoms with E-state index in [1.165, 1.54) is 16.8 Å². The smallest absolute Gasteiger partial charge is 0.276 e. The number of amides is 1. The Hall–Kier alpha value is -3.21. The third-order valence-corrected chi connectivity index (χ3v) is 4.45. The lowest BCUT2D eigenvalue weighted by atomic mass is 10.1. The Morgan fingerprint density at radius 2 is 1.73 bits per heavy atom. The van der Waals surface area contributed by atoms with Crippen molar-refractivity contribution in [3.05, 3.63) is 92.9 Å². The Bertz CT molecular complexity index is 1020. The van der Waals surface area contributed by atoms with E-state index in [-0.39, 0.29) is 17.2 Å². The van der Waals surface area contributed by atoms with Crippen molar-refractivity contribution >= 4 is 11.6 Å². The van der Waals surface area contributed by atoms with Crippen molar-refractivity contribution in [1.82, 2.24) is 9.78 Å². The maximum atomic E-state index is 12.5. The van der Waals surface area contributed by atoms with Crippen molar-refractivity contribution in [1.29, 1.82) is 0 Å². The van der Waals surface area contributed by atoms with E-state index >= 15 is 0 Å². The van der Waals surface area contributed by atoms with Crippen molar-refractivity contribution in [3.8, 4) is 0 Å². The van der Waals surface area contributed by atoms with E-state index in [2.05, 4.69) is 10.4 Å². The minimum Gasteiger partial charge on any atom is -0.321 e. The summed E-state index contributed by atoms with van der Waals surface area (Å²) in [6.45, 7) is 6.32. The van der Waals surface area contributed by atoms with Gasteiger partial charge in [-0.2, -0.15) is 5.10 Å². The van der Waals surface area contributed by atoms with Gasteiger partial charge in [0.05, 0.1) is 6.54 Å². The lowest BCUT2D eigenvalue weighted by Gasteiger charge is -2.10. The lowest BCUT2D eigenvalue weighted by molar-refractivity contribution is 0.102. The average Bonchev–Trinajstić information content (AvgIpc) is 2.62. The molecule has 0 radical (unpaired) electrons. The summed E-state index contributed by atoms with van der Waals surface area (Å²) in [5.74, 6) is -0.341. The number of rotatable bonds is 4. The predicted octanol–water partition coefficient (Wildman–Crippen LogP) is 3.47. The van der Waals surface area contributed by atoms with Crippen molar-refractivity contribution in [2.45, 2.75) is 27.3 Å². The molecule has 0 aliphatic rings. The van der Waals surface area contributed by atoms with Crippen LogP contribution in [0.2, 0.25) is 0 Å². The number of benzene rings is 2. The van der Waals surface area contributed by atoms with E-state index in [1.54, 1.807) is 0 Å². The second kappa shape index (κ2) is 7.35. The number of anilines is 1. The van der Waals surface area contributed by atoms with Gasteiger partial charge in [0.2, 0.25) is 0 Å². The Balaban J connectivity index is 1.84. The molecule has 132 valence electrons. The molecule has 0 bridgehead atoms. The van der Waals surface area contributed by atoms with Gasteiger partial charge in [-0.1, -0.05) is 30.3 Å². The van der Waals surface area contributed by atoms with Gasteiger partial charge in [-0.25, -0.2) is 4.68 Å². The number of aromatic nitrogens is 2. The molecule has 0 saturated carbocycles. The molecular weight excluding hydrogens is 326 g/mol. The van der Waals surface area contributed by atoms with Crippen molar-refractivity contribution in [2.24, 2.45) is 0 Å². The van der Waals surface area contributed by atoms with E-state index in [9.17, 15) is 9.59 Å². The first kappa shape index (κ1) is 17.6. The molecule has 5 nitrogen and oxygen atoms in total. The van der Waals surface area contributed by atoms with Crippen LogP contribution in [0.15, 0.2) is 59.4 Å². The maximum absolute atomic E-state index is 12.5. The Labute approximate surface area is 152 Å². The highest BCUT2D eigenvalue weighted by Gasteiger charge is 2.11. The number of aryl methyl sites for hydroxylation is 3. The number of nitrogens with one attached hydrogen (secondary N) is 1. The number of carbonyl (C=O) groups is 1. The van der Waals surface area contributed by atoms with Gasteiger partial charge in [-0.05, 0) is 61.2 Å². The molecule has 0 fully saturated rings. The molecule has 0 saturated heterocycles. The van der Waals surface area contributed by atoms with E-state index < -0.39 is 0 Å². The topological polar surface area (TPSA) is 64.0 Å². The van der Waals surface area contributed by atoms with Crippen LogP contribution in [-0.2, 0) is 6.54 Å². The number of nitrogens with zero attached hydrogens (tertiary/aromatic N) is 2. The molecule has 2 aromatic carbocycles. The summed E-state index contributed by atoms with van der Waals surface area (Å²) in [6, 6.07) is 16.3. The van der Waals surface area contributed by atoms with Gasteiger partial charge in [0.25, 0.3) is 11.5 Å². The SMILES string of the molecule is Cc1ccc(NC(=O)c2ccc(=O)n(Cc3ccccc3C)n2)cc1C. The van der Waals surface area contributed by atoms with E-state index in [4.69, 9.17) is 0 Å². The van der Waals surface area contributed by atoms with E-state index in [1.807, 2.05) is 63.2 Å². The standard InChI is InChI=1S/C21H21N3O2/c1-14-8-9-18(12-16(14)3)22-21(26)19-10-11-20(25)24(23-19)13-17-7-5-4-6-15(17)2/h4-12H,13H2,1-3H3,(H,22,26). The molecule has 0 spiro atoms. The normalized spacial score (nSPS) is 10.6. The number of carbonyl (C=O) groups excluding carboxylic acids is 1. The Morgan fingerprint density at radius 1 is 0.962 bits per heavy atom. The van der Waals surface area contributed by atoms with Crippen molar-refractivity contribution in [2.75, 3.05) is 5.32 Å². The second-order valence-electron chi connectivity index (χ2n) is 6.39. The minimum absolute atomic E-state index is 0.205. The third kappa shape index (κ3) is 3.88. The van der Waals surface area contributed by atoms with Gasteiger partial charge >= 0.3 is 0 Å². The van der Waals surface area contributed by atoms with Gasteiger partial charge in [0, 0.05) is 11.8 Å². The zero-order chi connectivity index (χ0) is 18.7. The molecule has 0 aliphatic carbocycles. The summed E-state index contributed by atoms with van der Waals surface area (Å²) < 4.78 is 1.32. The number of hydrogen-bond donors (Lipinski definition) is 1. The molecule has 1 N–H and O–H groups in total. The first-order chi connectivity index (χ1) is 12.4. The molecule has 3 aromatic rings. The summed E-state index contributed by atoms with van der Waals surface area (Å²) in [4.78, 5) is 24.6. The fourth-order valence-electron chi connectivity index (χ4n) is 2.65. The molecule has 1 heterocycles. The molecule has 1 amide bonds. The second-order valence-corrected chi connectivity index (χ2v) is 6.39. The predicted molar refractivity (Wildman–Crippen MR) is 103 cm³/mol. The molecule has 0 aliphatic heterocycles. The first-order valence-corrected chi connectivity index (χ1v) is 8.45. The van der Waals surface area contributed by atoms with Crippen LogP contribution in [0.4, 0.5) is 5.69 Å². The van der Waals surface area contributed by atoms with Crippen LogP contribution in [0.3, 0.4) is 0 Å². The molecule has 5 heteroatoms. The third-order valence-electron chi connectivity index (χ3n) is 4.45.